The van der Waals surface area contributed by atoms with Gasteiger partial charge in [0.05, 0.1) is 71.3 Å². The monoisotopic (exact) mass is 1490 g/mol. The van der Waals surface area contributed by atoms with Crippen LogP contribution in [-0.2, 0) is 74.4 Å². The molecule has 0 saturated carbocycles. The average Bonchev–Trinajstić information content (AvgIpc) is 1.32. The van der Waals surface area contributed by atoms with Crippen LogP contribution >= 0.6 is 0 Å². The maximum absolute atomic E-state index is 15.2. The number of carbonyl (C=O) groups is 6. The van der Waals surface area contributed by atoms with Gasteiger partial charge in [-0.05, 0) is 216 Å². The predicted octanol–water partition coefficient (Wildman–Crippen LogP) is 15.0. The van der Waals surface area contributed by atoms with Gasteiger partial charge in [0.25, 0.3) is 17.7 Å². The molecule has 3 aliphatic heterocycles. The Morgan fingerprint density at radius 1 is 0.355 bits per heavy atom. The van der Waals surface area contributed by atoms with Gasteiger partial charge in [-0.1, -0.05) is 72.8 Å². The molecule has 19 nitrogen and oxygen atoms in total. The molecule has 110 heavy (non-hydrogen) atoms. The van der Waals surface area contributed by atoms with Crippen LogP contribution in [0, 0.1) is 59.0 Å². The van der Waals surface area contributed by atoms with Crippen LogP contribution in [0.15, 0.2) is 165 Å². The summed E-state index contributed by atoms with van der Waals surface area (Å²) in [5.74, 6) is -6.50. The van der Waals surface area contributed by atoms with E-state index in [0.717, 1.165) is 73.9 Å². The minimum atomic E-state index is -1.01. The molecule has 3 aromatic heterocycles. The Bertz CT molecular complexity index is 5070. The number of halogens is 3. The lowest BCUT2D eigenvalue weighted by molar-refractivity contribution is -0.138. The fourth-order valence-corrected chi connectivity index (χ4v) is 15.1. The zero-order valence-corrected chi connectivity index (χ0v) is 63.2. The van der Waals surface area contributed by atoms with E-state index in [1.54, 1.807) is 72.0 Å². The lowest BCUT2D eigenvalue weighted by Gasteiger charge is -2.30. The highest BCUT2D eigenvalue weighted by atomic mass is 19.1. The Labute approximate surface area is 635 Å². The summed E-state index contributed by atoms with van der Waals surface area (Å²) in [6.45, 7) is 15.2. The number of carboxylic acids is 3. The molecule has 9 aromatic carbocycles. The molecule has 3 aliphatic rings. The average molecular weight is 1490 g/mol. The Hall–Kier alpha value is -12.0. The zero-order chi connectivity index (χ0) is 78.7. The Kier molecular flexibility index (Phi) is 23.1. The first-order chi connectivity index (χ1) is 52.6. The first-order valence-corrected chi connectivity index (χ1v) is 36.5. The number of aliphatic carboxylic acids is 3. The van der Waals surface area contributed by atoms with Gasteiger partial charge in [-0.3, -0.25) is 28.8 Å². The lowest BCUT2D eigenvalue weighted by Crippen LogP contribution is -2.36. The number of hydrogen-bond donors (Lipinski definition) is 4. The normalized spacial score (nSPS) is 13.9. The summed E-state index contributed by atoms with van der Waals surface area (Å²) in [6, 6.07) is 43.8. The second-order valence-electron chi connectivity index (χ2n) is 29.0. The van der Waals surface area contributed by atoms with E-state index in [9.17, 15) is 44.1 Å². The number of aryl methyl sites for hydroxylation is 9. The quantitative estimate of drug-likeness (QED) is 0.0747. The maximum atomic E-state index is 15.2. The van der Waals surface area contributed by atoms with Gasteiger partial charge in [-0.15, -0.1) is 0 Å². The van der Waals surface area contributed by atoms with Crippen LogP contribution in [0.4, 0.5) is 13.2 Å². The van der Waals surface area contributed by atoms with E-state index in [1.807, 2.05) is 165 Å². The van der Waals surface area contributed by atoms with Crippen molar-refractivity contribution in [1.29, 1.82) is 0 Å². The first kappa shape index (κ1) is 77.6. The van der Waals surface area contributed by atoms with E-state index in [-0.39, 0.29) is 37.0 Å². The topological polar surface area (TPSA) is 247 Å². The molecule has 0 saturated heterocycles. The van der Waals surface area contributed by atoms with Gasteiger partial charge < -0.3 is 48.8 Å². The number of benzene rings is 9. The largest absolute Gasteiger partial charge is 0.481 e. The first-order valence-electron chi connectivity index (χ1n) is 36.5. The van der Waals surface area contributed by atoms with Gasteiger partial charge >= 0.3 is 17.9 Å². The van der Waals surface area contributed by atoms with Crippen LogP contribution in [0.2, 0.25) is 0 Å². The lowest BCUT2D eigenvalue weighted by atomic mass is 9.85. The summed E-state index contributed by atoms with van der Waals surface area (Å²) in [5.41, 5.74) is 21.7. The summed E-state index contributed by atoms with van der Waals surface area (Å²) >= 11 is 0. The highest BCUT2D eigenvalue weighted by Gasteiger charge is 2.32. The maximum Gasteiger partial charge on any atom is 0.304 e. The fraction of sp³-hybridized carbons (Fsp3) is 0.284. The third-order valence-electron chi connectivity index (χ3n) is 21.9. The summed E-state index contributed by atoms with van der Waals surface area (Å²) in [5, 5.41) is 35.9. The number of carboxylic acid groups (broad SMARTS) is 3. The summed E-state index contributed by atoms with van der Waals surface area (Å²) in [4.78, 5) is 93.4. The minimum absolute atomic E-state index is 0.0251. The standard InChI is InChI=1S/3C29H28FN3O3.CH4O/c3*1-17-4-5-21(10-18(17)2)29(36)33-9-8-19-6-7-20(11-22(19)15-33)23(13-28(34)35)24-12-26-27(14-25(24)30)32(3)16-31-26;1-2/h3*4-7,10-12,14,16,23H,8-9,13,15H2,1-3H3,(H,34,35);2H,1H3/t2*23-;;/m10../s1. The van der Waals surface area contributed by atoms with E-state index in [1.165, 1.54) is 18.2 Å². The predicted molar refractivity (Wildman–Crippen MR) is 415 cm³/mol. The second-order valence-corrected chi connectivity index (χ2v) is 29.0. The van der Waals surface area contributed by atoms with E-state index >= 15 is 13.2 Å². The van der Waals surface area contributed by atoms with Crippen LogP contribution in [0.3, 0.4) is 0 Å². The minimum Gasteiger partial charge on any atom is -0.481 e. The van der Waals surface area contributed by atoms with Crippen molar-refractivity contribution in [3.8, 4) is 0 Å². The van der Waals surface area contributed by atoms with E-state index < -0.39 is 53.1 Å². The molecule has 1 unspecified atom stereocenters. The summed E-state index contributed by atoms with van der Waals surface area (Å²) in [7, 11) is 6.37. The summed E-state index contributed by atoms with van der Waals surface area (Å²) < 4.78 is 50.9. The van der Waals surface area contributed by atoms with E-state index in [4.69, 9.17) is 5.11 Å². The van der Waals surface area contributed by atoms with E-state index in [0.29, 0.717) is 142 Å². The third kappa shape index (κ3) is 16.7. The number of fused-ring (bicyclic) bond motifs is 6. The van der Waals surface area contributed by atoms with Crippen LogP contribution < -0.4 is 0 Å². The molecule has 566 valence electrons. The summed E-state index contributed by atoms with van der Waals surface area (Å²) in [6.07, 6.45) is 6.22. The van der Waals surface area contributed by atoms with Crippen LogP contribution in [0.25, 0.3) is 33.1 Å². The Morgan fingerprint density at radius 2 is 0.618 bits per heavy atom. The highest BCUT2D eigenvalue weighted by Crippen LogP contribution is 2.39. The molecule has 0 spiro atoms. The molecule has 22 heteroatoms. The number of hydrogen-bond acceptors (Lipinski definition) is 10. The molecule has 3 atom stereocenters. The number of imidazole rings is 3. The van der Waals surface area contributed by atoms with Crippen LogP contribution in [-0.4, -0.2) is 126 Å². The van der Waals surface area contributed by atoms with Gasteiger partial charge in [0.2, 0.25) is 0 Å². The highest BCUT2D eigenvalue weighted by molar-refractivity contribution is 5.96. The van der Waals surface area contributed by atoms with Crippen molar-refractivity contribution in [2.45, 2.75) is 117 Å². The second kappa shape index (κ2) is 32.8. The number of aliphatic hydroxyl groups excluding tert-OH is 1. The molecule has 3 amide bonds. The number of amides is 3. The number of nitrogens with zero attached hydrogens (tertiary/aromatic N) is 9. The van der Waals surface area contributed by atoms with Crippen molar-refractivity contribution < 1.29 is 62.4 Å². The SMILES string of the molecule is CO.Cc1ccc(C(=O)N2CCc3ccc(C(CC(=O)O)c4cc5ncn(C)c5cc4F)cc3C2)cc1C.Cc1ccc(C(=O)N2CCc3ccc([C@@H](CC(=O)O)c4cc5ncn(C)c5cc4F)cc3C2)cc1C.Cc1ccc(C(=O)N2CCc3ccc([C@H](CC(=O)O)c4cc5ncn(C)c5cc4F)cc3C2)cc1C. The molecule has 12 aromatic rings. The van der Waals surface area contributed by atoms with Gasteiger partial charge in [0.1, 0.15) is 17.5 Å². The zero-order valence-electron chi connectivity index (χ0n) is 63.2. The molecule has 0 radical (unpaired) electrons. The van der Waals surface area contributed by atoms with Gasteiger partial charge in [0, 0.05) is 120 Å². The molecular weight excluding hydrogens is 1400 g/mol. The third-order valence-corrected chi connectivity index (χ3v) is 21.9. The number of aromatic nitrogens is 6. The molecule has 0 bridgehead atoms. The number of aliphatic hydroxyl groups is 1. The van der Waals surface area contributed by atoms with Crippen LogP contribution in [0.5, 0.6) is 0 Å². The van der Waals surface area contributed by atoms with Crippen molar-refractivity contribution in [1.82, 2.24) is 43.4 Å². The Morgan fingerprint density at radius 3 is 0.864 bits per heavy atom. The molecule has 6 heterocycles. The molecule has 4 N–H and O–H groups in total. The van der Waals surface area contributed by atoms with Crippen LogP contribution in [0.1, 0.15) is 168 Å². The molecule has 0 aliphatic carbocycles. The molecule has 15 rings (SSSR count). The smallest absolute Gasteiger partial charge is 0.304 e. The van der Waals surface area contributed by atoms with Gasteiger partial charge in [-0.25, -0.2) is 28.1 Å². The van der Waals surface area contributed by atoms with E-state index in [2.05, 4.69) is 15.0 Å². The van der Waals surface area contributed by atoms with Crippen molar-refractivity contribution in [2.75, 3.05) is 26.7 Å². The number of rotatable bonds is 15. The van der Waals surface area contributed by atoms with Crippen molar-refractivity contribution in [2.24, 2.45) is 21.1 Å². The van der Waals surface area contributed by atoms with Crippen molar-refractivity contribution in [3.63, 3.8) is 0 Å². The molecular formula is C88H88F3N9O10. The Balaban J connectivity index is 0.000000152. The van der Waals surface area contributed by atoms with Crippen molar-refractivity contribution in [3.05, 3.63) is 299 Å². The van der Waals surface area contributed by atoms with Crippen molar-refractivity contribution >= 4 is 68.7 Å². The fourth-order valence-electron chi connectivity index (χ4n) is 15.1. The molecule has 0 fully saturated rings. The van der Waals surface area contributed by atoms with Gasteiger partial charge in [0.15, 0.2) is 0 Å². The number of carbonyl (C=O) groups excluding carboxylic acids is 3. The van der Waals surface area contributed by atoms with Gasteiger partial charge in [-0.2, -0.15) is 0 Å².